The summed E-state index contributed by atoms with van der Waals surface area (Å²) in [7, 11) is 0. The molecule has 1 amide bonds. The molecule has 0 bridgehead atoms. The number of aryl methyl sites for hydroxylation is 2. The number of nitrogens with zero attached hydrogens (tertiary/aromatic N) is 1. The Hall–Kier alpha value is -3.02. The van der Waals surface area contributed by atoms with Crippen LogP contribution in [0, 0.1) is 5.82 Å². The fourth-order valence-electron chi connectivity index (χ4n) is 4.15. The van der Waals surface area contributed by atoms with Crippen molar-refractivity contribution in [2.45, 2.75) is 58.3 Å². The number of carbonyl (C=O) groups is 1. The molecule has 0 unspecified atom stereocenters. The van der Waals surface area contributed by atoms with E-state index >= 15 is 0 Å². The lowest BCUT2D eigenvalue weighted by Crippen LogP contribution is -2.15. The monoisotopic (exact) mass is 522 g/mol. The lowest BCUT2D eigenvalue weighted by atomic mass is 10.0. The van der Waals surface area contributed by atoms with Crippen molar-refractivity contribution < 1.29 is 13.9 Å². The fraction of sp³-hybridized carbons (Fsp3) is 0.355. The molecule has 0 atom stereocenters. The van der Waals surface area contributed by atoms with Crippen LogP contribution in [-0.2, 0) is 28.8 Å². The summed E-state index contributed by atoms with van der Waals surface area (Å²) < 4.78 is 18.7. The van der Waals surface area contributed by atoms with Crippen LogP contribution in [0.4, 0.5) is 10.1 Å². The van der Waals surface area contributed by atoms with Gasteiger partial charge in [-0.2, -0.15) is 0 Å². The van der Waals surface area contributed by atoms with Gasteiger partial charge in [-0.25, -0.2) is 4.39 Å². The summed E-state index contributed by atoms with van der Waals surface area (Å²) in [6.07, 6.45) is 13.8. The van der Waals surface area contributed by atoms with E-state index in [1.165, 1.54) is 17.7 Å². The predicted molar refractivity (Wildman–Crippen MR) is 150 cm³/mol. The number of hydrogen-bond donors (Lipinski definition) is 1. The van der Waals surface area contributed by atoms with Gasteiger partial charge < -0.3 is 10.1 Å². The van der Waals surface area contributed by atoms with Gasteiger partial charge in [0.2, 0.25) is 5.91 Å². The molecule has 1 aliphatic rings. The molecule has 1 aliphatic heterocycles. The minimum Gasteiger partial charge on any atom is -0.381 e. The summed E-state index contributed by atoms with van der Waals surface area (Å²) in [6.45, 7) is 7.03. The summed E-state index contributed by atoms with van der Waals surface area (Å²) in [5, 5.41) is 3.69. The standard InChI is InChI=1S/C31H36ClFN2O2/c1-3-24(11-10-23(2)32)22-31(36)35-29-17-16-28(9-5-4-7-25-12-14-27(33)15-13-25)34-30(29)21-26-8-6-19-37-20-18-26/h3,8,10-17H,1,4-7,9,18-22H2,2H3,(H,35,36)/b23-10+,24-11+. The summed E-state index contributed by atoms with van der Waals surface area (Å²) in [6, 6.07) is 10.6. The number of benzene rings is 1. The Morgan fingerprint density at radius 1 is 1.14 bits per heavy atom. The van der Waals surface area contributed by atoms with E-state index in [1.54, 1.807) is 25.2 Å². The van der Waals surface area contributed by atoms with E-state index in [4.69, 9.17) is 21.3 Å². The average molecular weight is 523 g/mol. The van der Waals surface area contributed by atoms with Crippen LogP contribution in [-0.4, -0.2) is 24.1 Å². The van der Waals surface area contributed by atoms with E-state index in [0.717, 1.165) is 73.3 Å². The quantitative estimate of drug-likeness (QED) is 0.177. The fourth-order valence-corrected chi connectivity index (χ4v) is 4.21. The number of carbonyl (C=O) groups excluding carboxylic acids is 1. The average Bonchev–Trinajstić information content (AvgIpc) is 3.15. The smallest absolute Gasteiger partial charge is 0.228 e. The van der Waals surface area contributed by atoms with Crippen molar-refractivity contribution in [1.82, 2.24) is 4.98 Å². The number of aromatic nitrogens is 1. The zero-order chi connectivity index (χ0) is 26.5. The highest BCUT2D eigenvalue weighted by molar-refractivity contribution is 6.29. The van der Waals surface area contributed by atoms with Gasteiger partial charge in [-0.05, 0) is 86.9 Å². The number of ether oxygens (including phenoxy) is 1. The molecule has 3 rings (SSSR count). The van der Waals surface area contributed by atoms with E-state index in [2.05, 4.69) is 18.0 Å². The third-order valence-electron chi connectivity index (χ3n) is 6.18. The zero-order valence-corrected chi connectivity index (χ0v) is 22.3. The van der Waals surface area contributed by atoms with Gasteiger partial charge in [0.25, 0.3) is 0 Å². The molecule has 0 aliphatic carbocycles. The molecule has 0 saturated heterocycles. The van der Waals surface area contributed by atoms with Crippen LogP contribution in [0.3, 0.4) is 0 Å². The number of allylic oxidation sites excluding steroid dienone is 4. The van der Waals surface area contributed by atoms with Crippen molar-refractivity contribution in [3.63, 3.8) is 0 Å². The van der Waals surface area contributed by atoms with E-state index in [0.29, 0.717) is 18.1 Å². The molecule has 37 heavy (non-hydrogen) atoms. The van der Waals surface area contributed by atoms with Crippen LogP contribution in [0.25, 0.3) is 0 Å². The highest BCUT2D eigenvalue weighted by Gasteiger charge is 2.13. The maximum atomic E-state index is 13.1. The molecule has 1 aromatic carbocycles. The van der Waals surface area contributed by atoms with Crippen LogP contribution < -0.4 is 5.32 Å². The van der Waals surface area contributed by atoms with Gasteiger partial charge in [-0.1, -0.05) is 54.1 Å². The zero-order valence-electron chi connectivity index (χ0n) is 21.6. The van der Waals surface area contributed by atoms with E-state index in [-0.39, 0.29) is 18.1 Å². The number of rotatable bonds is 12. The largest absolute Gasteiger partial charge is 0.381 e. The van der Waals surface area contributed by atoms with Gasteiger partial charge in [0.05, 0.1) is 31.0 Å². The van der Waals surface area contributed by atoms with Crippen molar-refractivity contribution in [3.8, 4) is 0 Å². The normalized spacial score (nSPS) is 14.6. The number of nitrogens with one attached hydrogen (secondary N) is 1. The van der Waals surface area contributed by atoms with Crippen molar-refractivity contribution in [2.24, 2.45) is 0 Å². The Bertz CT molecular complexity index is 1150. The van der Waals surface area contributed by atoms with Crippen LogP contribution in [0.1, 0.15) is 56.0 Å². The van der Waals surface area contributed by atoms with Crippen molar-refractivity contribution in [1.29, 1.82) is 0 Å². The lowest BCUT2D eigenvalue weighted by molar-refractivity contribution is -0.115. The topological polar surface area (TPSA) is 51.2 Å². The lowest BCUT2D eigenvalue weighted by Gasteiger charge is -2.14. The van der Waals surface area contributed by atoms with E-state index in [9.17, 15) is 9.18 Å². The second-order valence-corrected chi connectivity index (χ2v) is 9.84. The SMILES string of the molecule is C=C/C(=C\C=C(/C)Cl)CC(=O)Nc1ccc(CCCCc2ccc(F)cc2)nc1CC1=CCCOCC1. The maximum Gasteiger partial charge on any atom is 0.228 e. The first-order chi connectivity index (χ1) is 17.9. The first-order valence-electron chi connectivity index (χ1n) is 12.9. The van der Waals surface area contributed by atoms with Gasteiger partial charge in [-0.3, -0.25) is 9.78 Å². The molecule has 2 heterocycles. The molecule has 0 spiro atoms. The van der Waals surface area contributed by atoms with Crippen LogP contribution in [0.5, 0.6) is 0 Å². The molecule has 6 heteroatoms. The Labute approximate surface area is 225 Å². The van der Waals surface area contributed by atoms with Gasteiger partial charge >= 0.3 is 0 Å². The van der Waals surface area contributed by atoms with E-state index in [1.807, 2.05) is 24.3 Å². The van der Waals surface area contributed by atoms with E-state index < -0.39 is 0 Å². The van der Waals surface area contributed by atoms with Gasteiger partial charge in [0.1, 0.15) is 5.82 Å². The number of halogens is 2. The summed E-state index contributed by atoms with van der Waals surface area (Å²) in [5.74, 6) is -0.331. The van der Waals surface area contributed by atoms with Crippen molar-refractivity contribution in [3.05, 3.63) is 106 Å². The molecule has 0 saturated carbocycles. The van der Waals surface area contributed by atoms with Crippen LogP contribution in [0.2, 0.25) is 0 Å². The summed E-state index contributed by atoms with van der Waals surface area (Å²) >= 11 is 5.91. The van der Waals surface area contributed by atoms with Gasteiger partial charge in [-0.15, -0.1) is 0 Å². The minimum atomic E-state index is -0.207. The minimum absolute atomic E-state index is 0.125. The second-order valence-electron chi connectivity index (χ2n) is 9.24. The number of amides is 1. The van der Waals surface area contributed by atoms with Crippen molar-refractivity contribution >= 4 is 23.2 Å². The number of pyridine rings is 1. The molecule has 1 N–H and O–H groups in total. The van der Waals surface area contributed by atoms with Crippen molar-refractivity contribution in [2.75, 3.05) is 18.5 Å². The first-order valence-corrected chi connectivity index (χ1v) is 13.2. The third-order valence-corrected chi connectivity index (χ3v) is 6.30. The Morgan fingerprint density at radius 2 is 1.92 bits per heavy atom. The Balaban J connectivity index is 1.68. The first kappa shape index (κ1) is 28.5. The van der Waals surface area contributed by atoms with Gasteiger partial charge in [0.15, 0.2) is 0 Å². The molecule has 0 radical (unpaired) electrons. The molecule has 4 nitrogen and oxygen atoms in total. The molecular weight excluding hydrogens is 487 g/mol. The predicted octanol–water partition coefficient (Wildman–Crippen LogP) is 7.65. The Morgan fingerprint density at radius 3 is 2.68 bits per heavy atom. The molecular formula is C31H36ClFN2O2. The number of anilines is 1. The second kappa shape index (κ2) is 15.3. The molecule has 196 valence electrons. The third kappa shape index (κ3) is 10.5. The highest BCUT2D eigenvalue weighted by atomic mass is 35.5. The van der Waals surface area contributed by atoms with Gasteiger partial charge in [0, 0.05) is 17.1 Å². The number of unbranched alkanes of at least 4 members (excludes halogenated alkanes) is 1. The van der Waals surface area contributed by atoms with Crippen LogP contribution in [0.15, 0.2) is 83.5 Å². The highest BCUT2D eigenvalue weighted by Crippen LogP contribution is 2.23. The molecule has 0 fully saturated rings. The summed E-state index contributed by atoms with van der Waals surface area (Å²) in [5.41, 5.74) is 5.82. The Kier molecular flexibility index (Phi) is 11.8. The molecule has 2 aromatic rings. The summed E-state index contributed by atoms with van der Waals surface area (Å²) in [4.78, 5) is 17.8. The maximum absolute atomic E-state index is 13.1. The van der Waals surface area contributed by atoms with Crippen LogP contribution >= 0.6 is 11.6 Å². The number of hydrogen-bond acceptors (Lipinski definition) is 3. The molecule has 1 aromatic heterocycles.